The van der Waals surface area contributed by atoms with Crippen LogP contribution in [-0.4, -0.2) is 30.1 Å². The third kappa shape index (κ3) is 5.04. The average Bonchev–Trinajstić information content (AvgIpc) is 3.43. The number of carbonyl (C=O) groups is 1. The molecule has 2 heterocycles. The minimum atomic E-state index is -0.433. The summed E-state index contributed by atoms with van der Waals surface area (Å²) in [5.41, 5.74) is 2.81. The van der Waals surface area contributed by atoms with Crippen molar-refractivity contribution >= 4 is 17.2 Å². The number of carbonyl (C=O) groups excluding carboxylic acids is 1. The Kier molecular flexibility index (Phi) is 6.40. The van der Waals surface area contributed by atoms with E-state index in [1.165, 1.54) is 17.4 Å². The Morgan fingerprint density at radius 2 is 2.23 bits per heavy atom. The zero-order valence-electron chi connectivity index (χ0n) is 16.7. The molecule has 1 aromatic heterocycles. The lowest BCUT2D eigenvalue weighted by Gasteiger charge is -2.09. The topological polar surface area (TPSA) is 60.5 Å². The third-order valence-electron chi connectivity index (χ3n) is 4.91. The molecule has 1 atom stereocenters. The molecule has 0 bridgehead atoms. The minimum absolute atomic E-state index is 0.0665. The lowest BCUT2D eigenvalue weighted by atomic mass is 10.1. The second kappa shape index (κ2) is 9.36. The number of thiazole rings is 1. The Bertz CT molecular complexity index is 1030. The number of amides is 1. The van der Waals surface area contributed by atoms with E-state index in [0.717, 1.165) is 30.6 Å². The highest BCUT2D eigenvalue weighted by atomic mass is 32.1. The van der Waals surface area contributed by atoms with Crippen molar-refractivity contribution in [2.24, 2.45) is 0 Å². The first-order chi connectivity index (χ1) is 14.6. The number of hydrogen-bond donors (Lipinski definition) is 1. The number of halogens is 1. The number of nitrogens with one attached hydrogen (secondary N) is 1. The Labute approximate surface area is 178 Å². The molecule has 1 N–H and O–H groups in total. The standard InChI is InChI=1S/C23H23FN2O3S/c1-15-4-2-5-16(10-15)13-29-17-7-8-19(20(24)11-17)23-26-21(14-30-23)22(27)25-12-18-6-3-9-28-18/h2,4-5,7-8,10-11,14,18H,3,6,9,12-13H2,1H3,(H,25,27)/t18-/m0/s1. The van der Waals surface area contributed by atoms with Gasteiger partial charge in [0.2, 0.25) is 0 Å². The summed E-state index contributed by atoms with van der Waals surface area (Å²) in [6, 6.07) is 12.7. The summed E-state index contributed by atoms with van der Waals surface area (Å²) in [4.78, 5) is 16.6. The van der Waals surface area contributed by atoms with Crippen molar-refractivity contribution in [3.8, 4) is 16.3 Å². The highest BCUT2D eigenvalue weighted by Crippen LogP contribution is 2.29. The Morgan fingerprint density at radius 3 is 3.00 bits per heavy atom. The van der Waals surface area contributed by atoms with E-state index in [-0.39, 0.29) is 17.7 Å². The van der Waals surface area contributed by atoms with Crippen molar-refractivity contribution in [3.63, 3.8) is 0 Å². The molecule has 2 aromatic carbocycles. The molecule has 0 aliphatic carbocycles. The van der Waals surface area contributed by atoms with E-state index in [0.29, 0.717) is 29.5 Å². The van der Waals surface area contributed by atoms with Gasteiger partial charge >= 0.3 is 0 Å². The molecule has 1 aliphatic rings. The van der Waals surface area contributed by atoms with Gasteiger partial charge in [0.15, 0.2) is 0 Å². The van der Waals surface area contributed by atoms with Crippen LogP contribution in [0.1, 0.15) is 34.5 Å². The van der Waals surface area contributed by atoms with Gasteiger partial charge in [-0.3, -0.25) is 4.79 Å². The first-order valence-corrected chi connectivity index (χ1v) is 10.8. The molecule has 1 amide bonds. The van der Waals surface area contributed by atoms with Crippen molar-refractivity contribution < 1.29 is 18.7 Å². The molecule has 156 valence electrons. The predicted molar refractivity (Wildman–Crippen MR) is 114 cm³/mol. The van der Waals surface area contributed by atoms with Crippen molar-refractivity contribution in [3.05, 3.63) is 70.5 Å². The van der Waals surface area contributed by atoms with Crippen molar-refractivity contribution in [2.45, 2.75) is 32.5 Å². The van der Waals surface area contributed by atoms with Crippen LogP contribution >= 0.6 is 11.3 Å². The third-order valence-corrected chi connectivity index (χ3v) is 5.79. The molecule has 1 fully saturated rings. The van der Waals surface area contributed by atoms with E-state index in [9.17, 15) is 9.18 Å². The monoisotopic (exact) mass is 426 g/mol. The van der Waals surface area contributed by atoms with Crippen LogP contribution < -0.4 is 10.1 Å². The molecule has 0 radical (unpaired) electrons. The predicted octanol–water partition coefficient (Wildman–Crippen LogP) is 4.75. The molecule has 0 spiro atoms. The second-order valence-corrected chi connectivity index (χ2v) is 8.16. The maximum absolute atomic E-state index is 14.7. The SMILES string of the molecule is Cc1cccc(COc2ccc(-c3nc(C(=O)NC[C@@H]4CCCO4)cs3)c(F)c2)c1. The lowest BCUT2D eigenvalue weighted by Crippen LogP contribution is -2.31. The summed E-state index contributed by atoms with van der Waals surface area (Å²) < 4.78 is 25.9. The van der Waals surface area contributed by atoms with Crippen LogP contribution in [0, 0.1) is 12.7 Å². The Hall–Kier alpha value is -2.77. The van der Waals surface area contributed by atoms with Crippen LogP contribution in [0.25, 0.3) is 10.6 Å². The number of hydrogen-bond acceptors (Lipinski definition) is 5. The van der Waals surface area contributed by atoms with E-state index in [4.69, 9.17) is 9.47 Å². The summed E-state index contributed by atoms with van der Waals surface area (Å²) in [5, 5.41) is 4.93. The highest BCUT2D eigenvalue weighted by Gasteiger charge is 2.19. The van der Waals surface area contributed by atoms with E-state index < -0.39 is 5.82 Å². The minimum Gasteiger partial charge on any atom is -0.489 e. The molecule has 4 rings (SSSR count). The normalized spacial score (nSPS) is 15.9. The number of ether oxygens (including phenoxy) is 2. The molecular weight excluding hydrogens is 403 g/mol. The van der Waals surface area contributed by atoms with Gasteiger partial charge in [-0.15, -0.1) is 11.3 Å². The van der Waals surface area contributed by atoms with Crippen molar-refractivity contribution in [1.29, 1.82) is 0 Å². The van der Waals surface area contributed by atoms with E-state index >= 15 is 0 Å². The lowest BCUT2D eigenvalue weighted by molar-refractivity contribution is 0.0854. The molecule has 5 nitrogen and oxygen atoms in total. The number of nitrogens with zero attached hydrogens (tertiary/aromatic N) is 1. The van der Waals surface area contributed by atoms with Gasteiger partial charge in [-0.1, -0.05) is 29.8 Å². The number of benzene rings is 2. The van der Waals surface area contributed by atoms with Gasteiger partial charge in [-0.05, 0) is 37.5 Å². The van der Waals surface area contributed by atoms with E-state index in [2.05, 4.69) is 10.3 Å². The fourth-order valence-electron chi connectivity index (χ4n) is 3.33. The summed E-state index contributed by atoms with van der Waals surface area (Å²) >= 11 is 1.24. The Balaban J connectivity index is 1.38. The van der Waals surface area contributed by atoms with Crippen LogP contribution in [0.15, 0.2) is 47.8 Å². The fraction of sp³-hybridized carbons (Fsp3) is 0.304. The molecule has 1 aliphatic heterocycles. The smallest absolute Gasteiger partial charge is 0.270 e. The number of rotatable bonds is 7. The zero-order valence-corrected chi connectivity index (χ0v) is 17.5. The van der Waals surface area contributed by atoms with Crippen molar-refractivity contribution in [2.75, 3.05) is 13.2 Å². The van der Waals surface area contributed by atoms with E-state index in [1.54, 1.807) is 17.5 Å². The van der Waals surface area contributed by atoms with Gasteiger partial charge in [0, 0.05) is 30.2 Å². The maximum atomic E-state index is 14.7. The molecule has 0 unspecified atom stereocenters. The quantitative estimate of drug-likeness (QED) is 0.593. The summed E-state index contributed by atoms with van der Waals surface area (Å²) in [6.07, 6.45) is 2.04. The molecule has 1 saturated heterocycles. The molecule has 30 heavy (non-hydrogen) atoms. The summed E-state index contributed by atoms with van der Waals surface area (Å²) in [7, 11) is 0. The van der Waals surface area contributed by atoms with Crippen LogP contribution in [0.4, 0.5) is 4.39 Å². The van der Waals surface area contributed by atoms with Crippen LogP contribution in [-0.2, 0) is 11.3 Å². The van der Waals surface area contributed by atoms with E-state index in [1.807, 2.05) is 31.2 Å². The average molecular weight is 427 g/mol. The summed E-state index contributed by atoms with van der Waals surface area (Å²) in [5.74, 6) is -0.257. The summed E-state index contributed by atoms with van der Waals surface area (Å²) in [6.45, 7) is 3.59. The second-order valence-electron chi connectivity index (χ2n) is 7.30. The number of aryl methyl sites for hydroxylation is 1. The highest BCUT2D eigenvalue weighted by molar-refractivity contribution is 7.13. The van der Waals surface area contributed by atoms with Gasteiger partial charge in [0.1, 0.15) is 28.9 Å². The van der Waals surface area contributed by atoms with Gasteiger partial charge < -0.3 is 14.8 Å². The van der Waals surface area contributed by atoms with Crippen molar-refractivity contribution in [1.82, 2.24) is 10.3 Å². The number of aromatic nitrogens is 1. The zero-order chi connectivity index (χ0) is 20.9. The van der Waals surface area contributed by atoms with Gasteiger partial charge in [0.05, 0.1) is 6.10 Å². The van der Waals surface area contributed by atoms with Crippen LogP contribution in [0.5, 0.6) is 5.75 Å². The molecule has 7 heteroatoms. The first-order valence-electron chi connectivity index (χ1n) is 9.92. The Morgan fingerprint density at radius 1 is 1.33 bits per heavy atom. The maximum Gasteiger partial charge on any atom is 0.270 e. The first kappa shape index (κ1) is 20.5. The molecule has 3 aromatic rings. The molecular formula is C23H23FN2O3S. The molecule has 0 saturated carbocycles. The van der Waals surface area contributed by atoms with Gasteiger partial charge in [-0.25, -0.2) is 9.37 Å². The van der Waals surface area contributed by atoms with Crippen LogP contribution in [0.3, 0.4) is 0 Å². The van der Waals surface area contributed by atoms with Crippen LogP contribution in [0.2, 0.25) is 0 Å². The largest absolute Gasteiger partial charge is 0.489 e. The van der Waals surface area contributed by atoms with Gasteiger partial charge in [0.25, 0.3) is 5.91 Å². The fourth-order valence-corrected chi connectivity index (χ4v) is 4.16. The van der Waals surface area contributed by atoms with Gasteiger partial charge in [-0.2, -0.15) is 0 Å².